The van der Waals surface area contributed by atoms with E-state index >= 15 is 0 Å². The van der Waals surface area contributed by atoms with Gasteiger partial charge in [-0.25, -0.2) is 0 Å². The van der Waals surface area contributed by atoms with Gasteiger partial charge in [0.2, 0.25) is 0 Å². The van der Waals surface area contributed by atoms with Crippen LogP contribution < -0.4 is 10.6 Å². The van der Waals surface area contributed by atoms with Crippen molar-refractivity contribution in [3.8, 4) is 0 Å². The van der Waals surface area contributed by atoms with E-state index < -0.39 is 0 Å². The van der Waals surface area contributed by atoms with Crippen LogP contribution in [0.25, 0.3) is 0 Å². The van der Waals surface area contributed by atoms with E-state index in [4.69, 9.17) is 0 Å². The van der Waals surface area contributed by atoms with Gasteiger partial charge in [-0.1, -0.05) is 15.9 Å². The number of aromatic nitrogens is 2. The molecular formula is C15H17BrN4O. The average molecular weight is 349 g/mol. The Morgan fingerprint density at radius 2 is 2.14 bits per heavy atom. The number of piperidine rings is 1. The molecule has 5 nitrogen and oxygen atoms in total. The van der Waals surface area contributed by atoms with Crippen LogP contribution >= 0.6 is 15.9 Å². The number of hydrogen-bond donors (Lipinski definition) is 3. The quantitative estimate of drug-likeness (QED) is 0.798. The lowest BCUT2D eigenvalue weighted by Crippen LogP contribution is -2.28. The van der Waals surface area contributed by atoms with Gasteiger partial charge in [0.15, 0.2) is 5.69 Å². The molecule has 0 radical (unpaired) electrons. The third-order valence-corrected chi connectivity index (χ3v) is 4.20. The van der Waals surface area contributed by atoms with E-state index in [-0.39, 0.29) is 5.91 Å². The number of carbonyl (C=O) groups excluding carboxylic acids is 1. The fourth-order valence-electron chi connectivity index (χ4n) is 2.51. The monoisotopic (exact) mass is 348 g/mol. The van der Waals surface area contributed by atoms with Gasteiger partial charge in [-0.05, 0) is 49.7 Å². The molecule has 1 aromatic heterocycles. The highest BCUT2D eigenvalue weighted by Crippen LogP contribution is 2.22. The topological polar surface area (TPSA) is 69.8 Å². The first-order valence-electron chi connectivity index (χ1n) is 7.05. The number of amides is 1. The Morgan fingerprint density at radius 1 is 1.33 bits per heavy atom. The highest BCUT2D eigenvalue weighted by Gasteiger charge is 2.19. The Morgan fingerprint density at radius 3 is 2.86 bits per heavy atom. The number of aromatic amines is 1. The third kappa shape index (κ3) is 3.51. The zero-order valence-corrected chi connectivity index (χ0v) is 13.1. The van der Waals surface area contributed by atoms with Crippen LogP contribution in [-0.4, -0.2) is 29.2 Å². The number of anilines is 1. The summed E-state index contributed by atoms with van der Waals surface area (Å²) in [6, 6.07) is 9.33. The van der Waals surface area contributed by atoms with E-state index in [0.717, 1.165) is 41.8 Å². The van der Waals surface area contributed by atoms with Gasteiger partial charge >= 0.3 is 0 Å². The summed E-state index contributed by atoms with van der Waals surface area (Å²) in [7, 11) is 0. The van der Waals surface area contributed by atoms with Crippen molar-refractivity contribution in [3.63, 3.8) is 0 Å². The molecular weight excluding hydrogens is 332 g/mol. The zero-order valence-electron chi connectivity index (χ0n) is 11.5. The van der Waals surface area contributed by atoms with Gasteiger partial charge in [0.1, 0.15) is 0 Å². The van der Waals surface area contributed by atoms with Crippen molar-refractivity contribution in [2.75, 3.05) is 18.4 Å². The Labute approximate surface area is 131 Å². The van der Waals surface area contributed by atoms with Gasteiger partial charge in [-0.3, -0.25) is 9.89 Å². The van der Waals surface area contributed by atoms with Crippen LogP contribution in [0.5, 0.6) is 0 Å². The summed E-state index contributed by atoms with van der Waals surface area (Å²) in [4.78, 5) is 12.2. The predicted octanol–water partition coefficient (Wildman–Crippen LogP) is 2.89. The maximum atomic E-state index is 12.2. The molecule has 1 fully saturated rings. The van der Waals surface area contributed by atoms with Crippen LogP contribution in [0.15, 0.2) is 34.8 Å². The molecule has 110 valence electrons. The molecule has 1 aliphatic heterocycles. The van der Waals surface area contributed by atoms with Crippen molar-refractivity contribution < 1.29 is 4.79 Å². The summed E-state index contributed by atoms with van der Waals surface area (Å²) in [6.45, 7) is 2.01. The van der Waals surface area contributed by atoms with Gasteiger partial charge < -0.3 is 10.6 Å². The van der Waals surface area contributed by atoms with Crippen LogP contribution in [0.1, 0.15) is 34.9 Å². The summed E-state index contributed by atoms with van der Waals surface area (Å²) < 4.78 is 0.979. The maximum Gasteiger partial charge on any atom is 0.276 e. The van der Waals surface area contributed by atoms with E-state index in [0.29, 0.717) is 11.6 Å². The first-order valence-corrected chi connectivity index (χ1v) is 7.84. The van der Waals surface area contributed by atoms with E-state index in [2.05, 4.69) is 36.8 Å². The largest absolute Gasteiger partial charge is 0.321 e. The summed E-state index contributed by atoms with van der Waals surface area (Å²) in [6.07, 6.45) is 2.28. The Bertz CT molecular complexity index is 617. The first-order chi connectivity index (χ1) is 10.2. The lowest BCUT2D eigenvalue weighted by Gasteiger charge is -2.21. The molecule has 1 unspecified atom stereocenters. The molecule has 0 aliphatic carbocycles. The highest BCUT2D eigenvalue weighted by atomic mass is 79.9. The Balaban J connectivity index is 1.67. The van der Waals surface area contributed by atoms with Gasteiger partial charge in [-0.2, -0.15) is 5.10 Å². The second kappa shape index (κ2) is 6.41. The average Bonchev–Trinajstić information content (AvgIpc) is 3.00. The molecule has 0 spiro atoms. The van der Waals surface area contributed by atoms with Crippen LogP contribution in [0.3, 0.4) is 0 Å². The van der Waals surface area contributed by atoms with Crippen LogP contribution in [0.2, 0.25) is 0 Å². The van der Waals surface area contributed by atoms with Crippen LogP contribution in [-0.2, 0) is 0 Å². The standard InChI is InChI=1S/C15H17BrN4O/c16-11-3-5-12(6-4-11)18-15(21)14-8-13(19-20-14)10-2-1-7-17-9-10/h3-6,8,10,17H,1-2,7,9H2,(H,18,21)(H,19,20). The number of hydrogen-bond acceptors (Lipinski definition) is 3. The lowest BCUT2D eigenvalue weighted by molar-refractivity contribution is 0.102. The van der Waals surface area contributed by atoms with Crippen LogP contribution in [0.4, 0.5) is 5.69 Å². The fourth-order valence-corrected chi connectivity index (χ4v) is 2.77. The highest BCUT2D eigenvalue weighted by molar-refractivity contribution is 9.10. The molecule has 1 atom stereocenters. The summed E-state index contributed by atoms with van der Waals surface area (Å²) >= 11 is 3.37. The molecule has 2 aromatic rings. The lowest BCUT2D eigenvalue weighted by atomic mass is 9.96. The van der Waals surface area contributed by atoms with E-state index in [1.54, 1.807) is 0 Å². The normalized spacial score (nSPS) is 18.4. The van der Waals surface area contributed by atoms with Gasteiger partial charge in [-0.15, -0.1) is 0 Å². The molecule has 0 bridgehead atoms. The smallest absolute Gasteiger partial charge is 0.276 e. The molecule has 2 heterocycles. The number of rotatable bonds is 3. The summed E-state index contributed by atoms with van der Waals surface area (Å²) in [5, 5.41) is 13.3. The fraction of sp³-hybridized carbons (Fsp3) is 0.333. The van der Waals surface area contributed by atoms with E-state index in [1.165, 1.54) is 0 Å². The second-order valence-corrected chi connectivity index (χ2v) is 6.13. The Kier molecular flexibility index (Phi) is 4.36. The van der Waals surface area contributed by atoms with Crippen LogP contribution in [0, 0.1) is 0 Å². The number of halogens is 1. The Hall–Kier alpha value is -1.66. The summed E-state index contributed by atoms with van der Waals surface area (Å²) in [5.74, 6) is 0.226. The minimum Gasteiger partial charge on any atom is -0.321 e. The van der Waals surface area contributed by atoms with Crippen molar-refractivity contribution in [1.29, 1.82) is 0 Å². The summed E-state index contributed by atoms with van der Waals surface area (Å²) in [5.41, 5.74) is 2.22. The molecule has 3 rings (SSSR count). The van der Waals surface area contributed by atoms with Gasteiger partial charge in [0, 0.05) is 28.3 Å². The molecule has 3 N–H and O–H groups in total. The third-order valence-electron chi connectivity index (χ3n) is 3.67. The van der Waals surface area contributed by atoms with Gasteiger partial charge in [0.05, 0.1) is 0 Å². The zero-order chi connectivity index (χ0) is 14.7. The number of H-pyrrole nitrogens is 1. The van der Waals surface area contributed by atoms with Crippen molar-refractivity contribution in [2.45, 2.75) is 18.8 Å². The number of nitrogens with one attached hydrogen (secondary N) is 3. The van der Waals surface area contributed by atoms with E-state index in [1.807, 2.05) is 30.3 Å². The molecule has 6 heteroatoms. The number of nitrogens with zero attached hydrogens (tertiary/aromatic N) is 1. The molecule has 1 aliphatic rings. The number of carbonyl (C=O) groups is 1. The van der Waals surface area contributed by atoms with Crippen molar-refractivity contribution in [3.05, 3.63) is 46.2 Å². The predicted molar refractivity (Wildman–Crippen MR) is 85.5 cm³/mol. The molecule has 1 aromatic carbocycles. The minimum atomic E-state index is -0.191. The minimum absolute atomic E-state index is 0.191. The first kappa shape index (κ1) is 14.3. The van der Waals surface area contributed by atoms with Crippen molar-refractivity contribution >= 4 is 27.5 Å². The van der Waals surface area contributed by atoms with Crippen molar-refractivity contribution in [1.82, 2.24) is 15.5 Å². The molecule has 1 saturated heterocycles. The SMILES string of the molecule is O=C(Nc1ccc(Br)cc1)c1cc(C2CCCNC2)[nH]n1. The van der Waals surface area contributed by atoms with Crippen molar-refractivity contribution in [2.24, 2.45) is 0 Å². The molecule has 1 amide bonds. The molecule has 0 saturated carbocycles. The molecule has 21 heavy (non-hydrogen) atoms. The van der Waals surface area contributed by atoms with Gasteiger partial charge in [0.25, 0.3) is 5.91 Å². The maximum absolute atomic E-state index is 12.2. The second-order valence-electron chi connectivity index (χ2n) is 5.21. The van der Waals surface area contributed by atoms with E-state index in [9.17, 15) is 4.79 Å². The number of benzene rings is 1.